The van der Waals surface area contributed by atoms with Crippen molar-refractivity contribution in [1.29, 1.82) is 0 Å². The van der Waals surface area contributed by atoms with Gasteiger partial charge in [0.2, 0.25) is 0 Å². The minimum atomic E-state index is -1.85. The van der Waals surface area contributed by atoms with Crippen LogP contribution in [-0.4, -0.2) is 46.3 Å². The average Bonchev–Trinajstić information content (AvgIpc) is 3.15. The lowest BCUT2D eigenvalue weighted by atomic mass is 9.96. The molecule has 0 saturated carbocycles. The molecule has 0 bridgehead atoms. The van der Waals surface area contributed by atoms with Gasteiger partial charge in [0.05, 0.1) is 19.0 Å². The Bertz CT molecular complexity index is 1050. The van der Waals surface area contributed by atoms with Gasteiger partial charge in [0.25, 0.3) is 0 Å². The first-order valence-electron chi connectivity index (χ1n) is 11.0. The van der Waals surface area contributed by atoms with Crippen molar-refractivity contribution in [2.24, 2.45) is 5.92 Å². The highest BCUT2D eigenvalue weighted by Crippen LogP contribution is 2.43. The molecule has 0 spiro atoms. The fourth-order valence-corrected chi connectivity index (χ4v) is 5.76. The molecule has 172 valence electrons. The minimum absolute atomic E-state index is 0.0500. The van der Waals surface area contributed by atoms with E-state index in [1.807, 2.05) is 16.3 Å². The molecule has 7 nitrogen and oxygen atoms in total. The van der Waals surface area contributed by atoms with Crippen LogP contribution < -0.4 is 5.73 Å². The van der Waals surface area contributed by atoms with Gasteiger partial charge in [-0.3, -0.25) is 4.57 Å². The molecule has 1 aromatic carbocycles. The third kappa shape index (κ3) is 4.71. The highest BCUT2D eigenvalue weighted by atomic mass is 32.2. The lowest BCUT2D eigenvalue weighted by molar-refractivity contribution is -0.223. The van der Waals surface area contributed by atoms with Crippen LogP contribution in [0.25, 0.3) is 11.2 Å². The summed E-state index contributed by atoms with van der Waals surface area (Å²) in [6.07, 6.45) is 3.16. The maximum atomic E-state index is 6.50. The second-order valence-electron chi connectivity index (χ2n) is 9.88. The van der Waals surface area contributed by atoms with Gasteiger partial charge >= 0.3 is 0 Å². The lowest BCUT2D eigenvalue weighted by Crippen LogP contribution is -2.52. The zero-order valence-electron chi connectivity index (χ0n) is 19.5. The van der Waals surface area contributed by atoms with Gasteiger partial charge in [-0.1, -0.05) is 51.1 Å². The molecule has 1 saturated heterocycles. The molecule has 0 aliphatic carbocycles. The number of benzene rings is 1. The predicted octanol–water partition coefficient (Wildman–Crippen LogP) is 4.88. The minimum Gasteiger partial charge on any atom is -0.414 e. The molecule has 9 heteroatoms. The molecule has 2 aromatic heterocycles. The van der Waals surface area contributed by atoms with Crippen molar-refractivity contribution in [3.05, 3.63) is 48.5 Å². The molecular formula is C23H33N5O2SSi. The van der Waals surface area contributed by atoms with E-state index in [2.05, 4.69) is 79.1 Å². The van der Waals surface area contributed by atoms with E-state index in [-0.39, 0.29) is 17.4 Å². The summed E-state index contributed by atoms with van der Waals surface area (Å²) in [4.78, 5) is 12.9. The van der Waals surface area contributed by atoms with Gasteiger partial charge in [0.15, 0.2) is 19.8 Å². The van der Waals surface area contributed by atoms with Gasteiger partial charge in [-0.25, -0.2) is 15.0 Å². The Kier molecular flexibility index (Phi) is 6.62. The molecule has 32 heavy (non-hydrogen) atoms. The second-order valence-corrected chi connectivity index (χ2v) is 15.7. The van der Waals surface area contributed by atoms with Crippen molar-refractivity contribution in [2.75, 3.05) is 18.1 Å². The Hall–Kier alpha value is -1.94. The summed E-state index contributed by atoms with van der Waals surface area (Å²) in [5.74, 6) is 2.62. The molecule has 2 N–H and O–H groups in total. The summed E-state index contributed by atoms with van der Waals surface area (Å²) in [6.45, 7) is 12.0. The standard InChI is InChI=1S/C23H33N5O2SSi/c1-23(2,3)32(4,5)29-11-18-17(13-31-12-16-9-7-6-8-10-16)22(30-18)28-15-27-19-20(24)25-14-26-21(19)28/h6-10,14-15,17-18,22H,11-13H2,1-5H3,(H2,24,25,26)/t17-,18-,22-/m1/s1. The number of anilines is 1. The lowest BCUT2D eigenvalue weighted by Gasteiger charge is -2.47. The van der Waals surface area contributed by atoms with E-state index in [0.29, 0.717) is 29.5 Å². The van der Waals surface area contributed by atoms with Crippen LogP contribution in [0.1, 0.15) is 32.6 Å². The predicted molar refractivity (Wildman–Crippen MR) is 133 cm³/mol. The maximum absolute atomic E-state index is 6.50. The smallest absolute Gasteiger partial charge is 0.192 e. The molecule has 0 radical (unpaired) electrons. The quantitative estimate of drug-likeness (QED) is 0.469. The first-order valence-corrected chi connectivity index (χ1v) is 15.1. The third-order valence-corrected chi connectivity index (χ3v) is 12.3. The van der Waals surface area contributed by atoms with Crippen molar-refractivity contribution in [1.82, 2.24) is 19.5 Å². The topological polar surface area (TPSA) is 88.1 Å². The Morgan fingerprint density at radius 3 is 2.62 bits per heavy atom. The Balaban J connectivity index is 1.49. The Labute approximate surface area is 195 Å². The number of hydrogen-bond donors (Lipinski definition) is 1. The van der Waals surface area contributed by atoms with Gasteiger partial charge in [0, 0.05) is 17.4 Å². The van der Waals surface area contributed by atoms with Crippen molar-refractivity contribution in [3.8, 4) is 0 Å². The summed E-state index contributed by atoms with van der Waals surface area (Å²) in [5, 5.41) is 0.169. The van der Waals surface area contributed by atoms with Crippen LogP contribution >= 0.6 is 11.8 Å². The summed E-state index contributed by atoms with van der Waals surface area (Å²) < 4.78 is 14.8. The normalized spacial score (nSPS) is 21.6. The van der Waals surface area contributed by atoms with E-state index in [9.17, 15) is 0 Å². The molecule has 1 aliphatic heterocycles. The molecule has 0 unspecified atom stereocenters. The van der Waals surface area contributed by atoms with Crippen LogP contribution in [0.3, 0.4) is 0 Å². The summed E-state index contributed by atoms with van der Waals surface area (Å²) in [5.41, 5.74) is 8.65. The molecule has 1 aliphatic rings. The largest absolute Gasteiger partial charge is 0.414 e. The van der Waals surface area contributed by atoms with Crippen molar-refractivity contribution in [2.45, 2.75) is 57.0 Å². The zero-order valence-corrected chi connectivity index (χ0v) is 21.3. The fraction of sp³-hybridized carbons (Fsp3) is 0.522. The average molecular weight is 472 g/mol. The van der Waals surface area contributed by atoms with Gasteiger partial charge in [-0.2, -0.15) is 11.8 Å². The first kappa shape index (κ1) is 23.2. The number of aromatic nitrogens is 4. The first-order chi connectivity index (χ1) is 15.2. The van der Waals surface area contributed by atoms with Crippen LogP contribution in [0.15, 0.2) is 43.0 Å². The highest BCUT2D eigenvalue weighted by molar-refractivity contribution is 7.98. The van der Waals surface area contributed by atoms with Crippen LogP contribution in [0.4, 0.5) is 5.82 Å². The monoisotopic (exact) mass is 471 g/mol. The van der Waals surface area contributed by atoms with E-state index in [1.165, 1.54) is 11.9 Å². The molecule has 0 amide bonds. The zero-order chi connectivity index (χ0) is 22.9. The summed E-state index contributed by atoms with van der Waals surface area (Å²) in [6, 6.07) is 10.6. The third-order valence-electron chi connectivity index (χ3n) is 6.66. The van der Waals surface area contributed by atoms with Gasteiger partial charge < -0.3 is 14.9 Å². The van der Waals surface area contributed by atoms with Crippen LogP contribution in [0.5, 0.6) is 0 Å². The van der Waals surface area contributed by atoms with Crippen LogP contribution in [0.2, 0.25) is 18.1 Å². The number of nitrogens with zero attached hydrogens (tertiary/aromatic N) is 4. The number of imidazole rings is 1. The number of thioether (sulfide) groups is 1. The van der Waals surface area contributed by atoms with Gasteiger partial charge in [0.1, 0.15) is 18.1 Å². The molecule has 3 atom stereocenters. The maximum Gasteiger partial charge on any atom is 0.192 e. The molecule has 1 fully saturated rings. The van der Waals surface area contributed by atoms with E-state index < -0.39 is 8.32 Å². The summed E-state index contributed by atoms with van der Waals surface area (Å²) >= 11 is 1.93. The number of hydrogen-bond acceptors (Lipinski definition) is 7. The van der Waals surface area contributed by atoms with E-state index in [4.69, 9.17) is 14.9 Å². The molecule has 3 heterocycles. The SMILES string of the molecule is CC(C)(C)[Si](C)(C)OC[C@H]1O[C@@H](n2cnc3c(N)ncnc32)[C@@H]1CSCc1ccccc1. The fourth-order valence-electron chi connectivity index (χ4n) is 3.55. The number of fused-ring (bicyclic) bond motifs is 1. The molecule has 3 aromatic rings. The van der Waals surface area contributed by atoms with E-state index >= 15 is 0 Å². The Morgan fingerprint density at radius 2 is 1.91 bits per heavy atom. The van der Waals surface area contributed by atoms with Gasteiger partial charge in [-0.05, 0) is 23.7 Å². The highest BCUT2D eigenvalue weighted by Gasteiger charge is 2.46. The second kappa shape index (κ2) is 9.13. The van der Waals surface area contributed by atoms with Crippen molar-refractivity contribution < 1.29 is 9.16 Å². The van der Waals surface area contributed by atoms with Crippen LogP contribution in [0, 0.1) is 5.92 Å². The molecule has 4 rings (SSSR count). The number of nitrogen functional groups attached to an aromatic ring is 1. The summed E-state index contributed by atoms with van der Waals surface area (Å²) in [7, 11) is -1.85. The number of rotatable bonds is 8. The molecular weight excluding hydrogens is 438 g/mol. The number of ether oxygens (including phenoxy) is 1. The van der Waals surface area contributed by atoms with E-state index in [1.54, 1.807) is 6.33 Å². The van der Waals surface area contributed by atoms with Crippen LogP contribution in [-0.2, 0) is 14.9 Å². The van der Waals surface area contributed by atoms with Crippen molar-refractivity contribution >= 4 is 37.1 Å². The van der Waals surface area contributed by atoms with Gasteiger partial charge in [-0.15, -0.1) is 0 Å². The Morgan fingerprint density at radius 1 is 1.16 bits per heavy atom. The van der Waals surface area contributed by atoms with Crippen molar-refractivity contribution in [3.63, 3.8) is 0 Å². The number of nitrogens with two attached hydrogens (primary N) is 1. The van der Waals surface area contributed by atoms with E-state index in [0.717, 1.165) is 11.5 Å².